The van der Waals surface area contributed by atoms with Crippen LogP contribution in [0.5, 0.6) is 0 Å². The zero-order valence-electron chi connectivity index (χ0n) is 17.6. The van der Waals surface area contributed by atoms with Gasteiger partial charge >= 0.3 is 0 Å². The third-order valence-corrected chi connectivity index (χ3v) is 4.05. The average molecular weight is 453 g/mol. The number of hydrogen-bond acceptors (Lipinski definition) is 10. The van der Waals surface area contributed by atoms with Gasteiger partial charge in [0.2, 0.25) is 11.8 Å². The minimum absolute atomic E-state index is 0. The molecule has 0 rings (SSSR count). The maximum Gasteiger partial charge on any atom is 0.249 e. The summed E-state index contributed by atoms with van der Waals surface area (Å²) < 4.78 is 0. The predicted octanol–water partition coefficient (Wildman–Crippen LogP) is -4.12. The fraction of sp³-hybridized carbons (Fsp3) is 0.789. The summed E-state index contributed by atoms with van der Waals surface area (Å²) in [4.78, 5) is 42.6. The van der Waals surface area contributed by atoms with Crippen LogP contribution >= 0.6 is 0 Å². The molecular weight excluding hydrogens is 416 g/mol. The monoisotopic (exact) mass is 452 g/mol. The predicted molar refractivity (Wildman–Crippen MR) is 106 cm³/mol. The van der Waals surface area contributed by atoms with Crippen molar-refractivity contribution in [1.82, 2.24) is 10.6 Å². The molecule has 0 aromatic heterocycles. The van der Waals surface area contributed by atoms with Crippen molar-refractivity contribution < 1.29 is 49.8 Å². The van der Waals surface area contributed by atoms with E-state index in [1.54, 1.807) is 0 Å². The highest BCUT2D eigenvalue weighted by Crippen LogP contribution is 2.20. The van der Waals surface area contributed by atoms with Crippen LogP contribution in [0.4, 0.5) is 0 Å². The van der Waals surface area contributed by atoms with E-state index in [9.17, 15) is 39.6 Å². The number of carbonyl (C=O) groups is 4. The van der Waals surface area contributed by atoms with Crippen LogP contribution in [0.1, 0.15) is 48.0 Å². The van der Waals surface area contributed by atoms with Gasteiger partial charge in [0.05, 0.1) is 13.2 Å². The van der Waals surface area contributed by atoms with E-state index < -0.39 is 46.8 Å². The Morgan fingerprint density at radius 3 is 1.19 bits per heavy atom. The largest absolute Gasteiger partial charge is 0.550 e. The van der Waals surface area contributed by atoms with E-state index in [0.717, 1.165) is 0 Å². The summed E-state index contributed by atoms with van der Waals surface area (Å²) in [6.07, 6.45) is -3.36. The van der Waals surface area contributed by atoms with Crippen LogP contribution in [0.2, 0.25) is 0 Å². The molecule has 0 aromatic rings. The Bertz CT molecular complexity index is 528. The third kappa shape index (κ3) is 14.4. The van der Waals surface area contributed by atoms with E-state index in [1.165, 1.54) is 27.7 Å². The normalized spacial score (nSPS) is 12.9. The number of rotatable bonds is 12. The SMILES string of the molecule is C.CC(C)(CO)[C@@H](O)C(=O)NCCC(=O)[O-].CC(C)(CO)[C@@H](O)C(=O)NCCC(=O)[O-]. The molecule has 0 fully saturated rings. The molecule has 0 saturated carbocycles. The molecule has 0 unspecified atom stereocenters. The number of hydrogen-bond donors (Lipinski definition) is 6. The molecule has 0 aliphatic rings. The molecule has 6 N–H and O–H groups in total. The van der Waals surface area contributed by atoms with Gasteiger partial charge in [0.15, 0.2) is 0 Å². The number of carboxylic acid groups (broad SMARTS) is 2. The summed E-state index contributed by atoms with van der Waals surface area (Å²) >= 11 is 0. The quantitative estimate of drug-likeness (QED) is 0.168. The van der Waals surface area contributed by atoms with E-state index >= 15 is 0 Å². The molecule has 31 heavy (non-hydrogen) atoms. The zero-order chi connectivity index (χ0) is 24.1. The summed E-state index contributed by atoms with van der Waals surface area (Å²) in [7, 11) is 0. The third-order valence-electron chi connectivity index (χ3n) is 4.05. The minimum Gasteiger partial charge on any atom is -0.550 e. The zero-order valence-corrected chi connectivity index (χ0v) is 17.6. The number of carbonyl (C=O) groups excluding carboxylic acids is 4. The second-order valence-electron chi connectivity index (χ2n) is 7.92. The number of aliphatic carboxylic acids is 2. The van der Waals surface area contributed by atoms with Gasteiger partial charge in [0.25, 0.3) is 0 Å². The molecule has 0 aliphatic heterocycles. The molecule has 2 amide bonds. The molecule has 0 spiro atoms. The highest BCUT2D eigenvalue weighted by atomic mass is 16.4. The lowest BCUT2D eigenvalue weighted by Crippen LogP contribution is -2.46. The summed E-state index contributed by atoms with van der Waals surface area (Å²) in [6.45, 7) is 5.21. The van der Waals surface area contributed by atoms with Gasteiger partial charge in [-0.2, -0.15) is 0 Å². The van der Waals surface area contributed by atoms with Crippen molar-refractivity contribution >= 4 is 23.8 Å². The van der Waals surface area contributed by atoms with Crippen molar-refractivity contribution in [3.63, 3.8) is 0 Å². The summed E-state index contributed by atoms with van der Waals surface area (Å²) in [6, 6.07) is 0. The van der Waals surface area contributed by atoms with Crippen molar-refractivity contribution in [2.24, 2.45) is 10.8 Å². The van der Waals surface area contributed by atoms with Gasteiger partial charge in [-0.05, 0) is 0 Å². The lowest BCUT2D eigenvalue weighted by Gasteiger charge is -2.27. The molecule has 12 heteroatoms. The Morgan fingerprint density at radius 1 is 0.742 bits per heavy atom. The standard InChI is InChI=1S/2C9H17NO5.CH4/c2*1-9(2,5-11)7(14)8(15)10-4-3-6(12)13;/h2*7,11,14H,3-5H2,1-2H3,(H,10,15)(H,12,13);1H4/p-2/t2*7-;/m00./s1. The lowest BCUT2D eigenvalue weighted by molar-refractivity contribution is -0.306. The molecule has 0 saturated heterocycles. The van der Waals surface area contributed by atoms with Crippen molar-refractivity contribution in [2.75, 3.05) is 26.3 Å². The van der Waals surface area contributed by atoms with E-state index in [4.69, 9.17) is 10.2 Å². The van der Waals surface area contributed by atoms with Gasteiger partial charge in [0, 0.05) is 48.7 Å². The van der Waals surface area contributed by atoms with Crippen molar-refractivity contribution in [2.45, 2.75) is 60.2 Å². The highest BCUT2D eigenvalue weighted by Gasteiger charge is 2.33. The van der Waals surface area contributed by atoms with E-state index in [2.05, 4.69) is 10.6 Å². The first-order chi connectivity index (χ1) is 13.6. The molecule has 0 aromatic carbocycles. The second kappa shape index (κ2) is 15.5. The molecule has 12 nitrogen and oxygen atoms in total. The number of aliphatic hydroxyl groups is 4. The maximum absolute atomic E-state index is 11.2. The van der Waals surface area contributed by atoms with Crippen molar-refractivity contribution in [3.05, 3.63) is 0 Å². The fourth-order valence-electron chi connectivity index (χ4n) is 1.65. The van der Waals surface area contributed by atoms with Crippen LogP contribution in [0.3, 0.4) is 0 Å². The summed E-state index contributed by atoms with van der Waals surface area (Å²) in [5.74, 6) is -3.94. The maximum atomic E-state index is 11.2. The number of nitrogens with one attached hydrogen (secondary N) is 2. The molecule has 0 bridgehead atoms. The van der Waals surface area contributed by atoms with E-state index in [0.29, 0.717) is 0 Å². The van der Waals surface area contributed by atoms with E-state index in [-0.39, 0.29) is 46.6 Å². The van der Waals surface area contributed by atoms with Crippen LogP contribution in [0.25, 0.3) is 0 Å². The lowest BCUT2D eigenvalue weighted by atomic mass is 9.87. The van der Waals surface area contributed by atoms with E-state index in [1.807, 2.05) is 0 Å². The number of amides is 2. The smallest absolute Gasteiger partial charge is 0.249 e. The molecule has 0 radical (unpaired) electrons. The Labute approximate surface area is 182 Å². The molecule has 2 atom stereocenters. The van der Waals surface area contributed by atoms with Gasteiger partial charge in [-0.1, -0.05) is 35.1 Å². The summed E-state index contributed by atoms with van der Waals surface area (Å²) in [5, 5.41) is 61.3. The first kappa shape index (κ1) is 33.4. The van der Waals surface area contributed by atoms with Crippen molar-refractivity contribution in [3.8, 4) is 0 Å². The Balaban J connectivity index is -0.000000490. The minimum atomic E-state index is -1.37. The van der Waals surface area contributed by atoms with Crippen molar-refractivity contribution in [1.29, 1.82) is 0 Å². The van der Waals surface area contributed by atoms with Gasteiger partial charge in [0.1, 0.15) is 12.2 Å². The second-order valence-corrected chi connectivity index (χ2v) is 7.92. The molecule has 0 heterocycles. The van der Waals surface area contributed by atoms with Gasteiger partial charge in [-0.3, -0.25) is 9.59 Å². The molecular formula is C19H36N2O10-2. The molecule has 184 valence electrons. The van der Waals surface area contributed by atoms with Crippen LogP contribution < -0.4 is 20.8 Å². The van der Waals surface area contributed by atoms with Gasteiger partial charge < -0.3 is 50.9 Å². The average Bonchev–Trinajstić information content (AvgIpc) is 2.66. The van der Waals surface area contributed by atoms with Crippen LogP contribution in [-0.2, 0) is 19.2 Å². The highest BCUT2D eigenvalue weighted by molar-refractivity contribution is 5.82. The first-order valence-electron chi connectivity index (χ1n) is 9.15. The summed E-state index contributed by atoms with van der Waals surface area (Å²) in [5.41, 5.74) is -1.91. The Hall–Kier alpha value is -2.28. The topological polar surface area (TPSA) is 219 Å². The van der Waals surface area contributed by atoms with Crippen LogP contribution in [0.15, 0.2) is 0 Å². The number of aliphatic hydroxyl groups excluding tert-OH is 4. The first-order valence-corrected chi connectivity index (χ1v) is 9.15. The van der Waals surface area contributed by atoms with Gasteiger partial charge in [-0.25, -0.2) is 0 Å². The Morgan fingerprint density at radius 2 is 1.00 bits per heavy atom. The Kier molecular flexibility index (Phi) is 16.7. The van der Waals surface area contributed by atoms with Gasteiger partial charge in [-0.15, -0.1) is 0 Å². The van der Waals surface area contributed by atoms with Crippen LogP contribution in [-0.4, -0.2) is 82.7 Å². The number of carboxylic acids is 2. The van der Waals surface area contributed by atoms with Crippen LogP contribution in [0, 0.1) is 10.8 Å². The fourth-order valence-corrected chi connectivity index (χ4v) is 1.65. The molecule has 0 aliphatic carbocycles.